The van der Waals surface area contributed by atoms with Crippen LogP contribution >= 0.6 is 15.9 Å². The summed E-state index contributed by atoms with van der Waals surface area (Å²) in [5.74, 6) is 0.666. The number of unbranched alkanes of at least 4 members (excludes halogenated alkanes) is 4. The van der Waals surface area contributed by atoms with Crippen LogP contribution < -0.4 is 0 Å². The van der Waals surface area contributed by atoms with Crippen LogP contribution in [-0.2, 0) is 9.53 Å². The Kier molecular flexibility index (Phi) is 10.4. The van der Waals surface area contributed by atoms with Crippen molar-refractivity contribution in [2.75, 3.05) is 11.9 Å². The number of hydrogen-bond donors (Lipinski definition) is 0. The number of hydrogen-bond acceptors (Lipinski definition) is 2. The summed E-state index contributed by atoms with van der Waals surface area (Å²) in [6.45, 7) is 5.11. The second-order valence-electron chi connectivity index (χ2n) is 4.30. The highest BCUT2D eigenvalue weighted by atomic mass is 79.9. The van der Waals surface area contributed by atoms with E-state index >= 15 is 0 Å². The smallest absolute Gasteiger partial charge is 0.316 e. The average molecular weight is 279 g/mol. The van der Waals surface area contributed by atoms with E-state index in [4.69, 9.17) is 4.74 Å². The minimum absolute atomic E-state index is 0.158. The van der Waals surface area contributed by atoms with Crippen LogP contribution in [0.2, 0.25) is 0 Å². The van der Waals surface area contributed by atoms with Gasteiger partial charge in [-0.25, -0.2) is 0 Å². The first kappa shape index (κ1) is 14.9. The highest BCUT2D eigenvalue weighted by Crippen LogP contribution is 2.10. The molecule has 0 aliphatic rings. The van der Waals surface area contributed by atoms with Crippen molar-refractivity contribution in [3.05, 3.63) is 0 Å². The van der Waals surface area contributed by atoms with Crippen LogP contribution in [0.3, 0.4) is 0 Å². The monoisotopic (exact) mass is 278 g/mol. The molecule has 0 rings (SSSR count). The zero-order valence-corrected chi connectivity index (χ0v) is 11.5. The van der Waals surface area contributed by atoms with Gasteiger partial charge in [0.2, 0.25) is 0 Å². The minimum Gasteiger partial charge on any atom is -0.465 e. The van der Waals surface area contributed by atoms with Gasteiger partial charge in [0, 0.05) is 0 Å². The lowest BCUT2D eigenvalue weighted by atomic mass is 10.0. The van der Waals surface area contributed by atoms with Crippen molar-refractivity contribution in [2.45, 2.75) is 52.4 Å². The summed E-state index contributed by atoms with van der Waals surface area (Å²) in [4.78, 5) is 10.8. The van der Waals surface area contributed by atoms with Crippen LogP contribution in [0.1, 0.15) is 52.4 Å². The molecule has 2 nitrogen and oxygen atoms in total. The third-order valence-corrected chi connectivity index (χ3v) is 2.76. The quantitative estimate of drug-likeness (QED) is 0.363. The van der Waals surface area contributed by atoms with Gasteiger partial charge in [0.1, 0.15) is 5.33 Å². The maximum absolute atomic E-state index is 10.8. The first-order chi connectivity index (χ1) is 7.16. The van der Waals surface area contributed by atoms with Crippen molar-refractivity contribution in [2.24, 2.45) is 5.92 Å². The lowest BCUT2D eigenvalue weighted by Gasteiger charge is -2.04. The number of carbonyl (C=O) groups excluding carboxylic acids is 1. The summed E-state index contributed by atoms with van der Waals surface area (Å²) in [5.41, 5.74) is 0. The van der Waals surface area contributed by atoms with E-state index in [1.807, 2.05) is 0 Å². The van der Waals surface area contributed by atoms with Gasteiger partial charge in [-0.1, -0.05) is 61.9 Å². The third kappa shape index (κ3) is 11.9. The van der Waals surface area contributed by atoms with Crippen LogP contribution in [0, 0.1) is 5.92 Å². The molecule has 0 aliphatic heterocycles. The molecule has 0 radical (unpaired) electrons. The van der Waals surface area contributed by atoms with E-state index in [2.05, 4.69) is 29.8 Å². The number of ether oxygens (including phenoxy) is 1. The van der Waals surface area contributed by atoms with Gasteiger partial charge < -0.3 is 4.74 Å². The number of rotatable bonds is 9. The predicted octanol–water partition coefficient (Wildman–Crippen LogP) is 3.92. The van der Waals surface area contributed by atoms with Crippen molar-refractivity contribution in [3.8, 4) is 0 Å². The maximum atomic E-state index is 10.8. The Morgan fingerprint density at radius 2 is 1.73 bits per heavy atom. The summed E-state index contributed by atoms with van der Waals surface area (Å²) in [5, 5.41) is 0.307. The molecular weight excluding hydrogens is 256 g/mol. The Balaban J connectivity index is 3.02. The van der Waals surface area contributed by atoms with Gasteiger partial charge in [-0.15, -0.1) is 0 Å². The molecule has 0 spiro atoms. The molecule has 0 saturated carbocycles. The lowest BCUT2D eigenvalue weighted by Crippen LogP contribution is -2.06. The molecule has 3 heteroatoms. The number of halogens is 1. The number of esters is 1. The first-order valence-corrected chi connectivity index (χ1v) is 7.00. The highest BCUT2D eigenvalue weighted by Gasteiger charge is 1.98. The molecule has 0 aliphatic carbocycles. The van der Waals surface area contributed by atoms with Gasteiger partial charge in [-0.3, -0.25) is 4.79 Å². The van der Waals surface area contributed by atoms with E-state index in [0.29, 0.717) is 11.9 Å². The Morgan fingerprint density at radius 3 is 2.33 bits per heavy atom. The van der Waals surface area contributed by atoms with Crippen molar-refractivity contribution in [1.29, 1.82) is 0 Å². The Hall–Kier alpha value is -0.0500. The number of alkyl halides is 1. The average Bonchev–Trinajstić information content (AvgIpc) is 2.21. The molecular formula is C12H23BrO2. The summed E-state index contributed by atoms with van der Waals surface area (Å²) in [7, 11) is 0. The fourth-order valence-corrected chi connectivity index (χ4v) is 1.57. The molecule has 0 aromatic heterocycles. The van der Waals surface area contributed by atoms with E-state index in [1.54, 1.807) is 0 Å². The van der Waals surface area contributed by atoms with Crippen molar-refractivity contribution < 1.29 is 9.53 Å². The van der Waals surface area contributed by atoms with Gasteiger partial charge in [0.15, 0.2) is 0 Å². The fraction of sp³-hybridized carbons (Fsp3) is 0.917. The Labute approximate surface area is 102 Å². The molecule has 0 N–H and O–H groups in total. The van der Waals surface area contributed by atoms with Crippen LogP contribution in [0.4, 0.5) is 0 Å². The normalized spacial score (nSPS) is 10.7. The van der Waals surface area contributed by atoms with E-state index in [-0.39, 0.29) is 5.97 Å². The van der Waals surface area contributed by atoms with Crippen molar-refractivity contribution in [1.82, 2.24) is 0 Å². The molecule has 0 amide bonds. The van der Waals surface area contributed by atoms with E-state index in [9.17, 15) is 4.79 Å². The fourth-order valence-electron chi connectivity index (χ4n) is 1.41. The molecule has 0 aromatic carbocycles. The Bertz CT molecular complexity index is 158. The van der Waals surface area contributed by atoms with Crippen LogP contribution in [0.5, 0.6) is 0 Å². The van der Waals surface area contributed by atoms with E-state index < -0.39 is 0 Å². The summed E-state index contributed by atoms with van der Waals surface area (Å²) < 4.78 is 4.95. The van der Waals surface area contributed by atoms with Gasteiger partial charge in [-0.05, 0) is 12.3 Å². The first-order valence-electron chi connectivity index (χ1n) is 5.88. The van der Waals surface area contributed by atoms with Crippen molar-refractivity contribution in [3.63, 3.8) is 0 Å². The number of carbonyl (C=O) groups is 1. The molecule has 0 aromatic rings. The summed E-state index contributed by atoms with van der Waals surface area (Å²) in [6, 6.07) is 0. The predicted molar refractivity (Wildman–Crippen MR) is 67.3 cm³/mol. The molecule has 90 valence electrons. The second kappa shape index (κ2) is 10.5. The lowest BCUT2D eigenvalue weighted by molar-refractivity contribution is -0.140. The van der Waals surface area contributed by atoms with Gasteiger partial charge >= 0.3 is 5.97 Å². The summed E-state index contributed by atoms with van der Waals surface area (Å²) in [6.07, 6.45) is 7.41. The molecule has 0 saturated heterocycles. The maximum Gasteiger partial charge on any atom is 0.316 e. The SMILES string of the molecule is CC(C)CCCCCCCOC(=O)CBr. The third-order valence-electron chi connectivity index (χ3n) is 2.30. The van der Waals surface area contributed by atoms with Crippen molar-refractivity contribution >= 4 is 21.9 Å². The van der Waals surface area contributed by atoms with Crippen LogP contribution in [-0.4, -0.2) is 17.9 Å². The Morgan fingerprint density at radius 1 is 1.13 bits per heavy atom. The summed E-state index contributed by atoms with van der Waals surface area (Å²) >= 11 is 3.06. The highest BCUT2D eigenvalue weighted by molar-refractivity contribution is 9.09. The standard InChI is InChI=1S/C12H23BrO2/c1-11(2)8-6-4-3-5-7-9-15-12(14)10-13/h11H,3-10H2,1-2H3. The van der Waals surface area contributed by atoms with E-state index in [1.165, 1.54) is 32.1 Å². The zero-order chi connectivity index (χ0) is 11.5. The molecule has 0 fully saturated rings. The van der Waals surface area contributed by atoms with Crippen LogP contribution in [0.15, 0.2) is 0 Å². The topological polar surface area (TPSA) is 26.3 Å². The second-order valence-corrected chi connectivity index (χ2v) is 4.87. The zero-order valence-electron chi connectivity index (χ0n) is 9.93. The van der Waals surface area contributed by atoms with Gasteiger partial charge in [-0.2, -0.15) is 0 Å². The minimum atomic E-state index is -0.158. The molecule has 0 unspecified atom stereocenters. The van der Waals surface area contributed by atoms with Gasteiger partial charge in [0.05, 0.1) is 6.61 Å². The van der Waals surface area contributed by atoms with Gasteiger partial charge in [0.25, 0.3) is 0 Å². The molecule has 15 heavy (non-hydrogen) atoms. The molecule has 0 bridgehead atoms. The van der Waals surface area contributed by atoms with Crippen LogP contribution in [0.25, 0.3) is 0 Å². The van der Waals surface area contributed by atoms with E-state index in [0.717, 1.165) is 12.3 Å². The molecule has 0 atom stereocenters. The largest absolute Gasteiger partial charge is 0.465 e. The molecule has 0 heterocycles.